The lowest BCUT2D eigenvalue weighted by molar-refractivity contribution is 0.0602. The van der Waals surface area contributed by atoms with Crippen molar-refractivity contribution in [3.05, 3.63) is 60.7 Å². The van der Waals surface area contributed by atoms with Crippen LogP contribution in [0.5, 0.6) is 0 Å². The summed E-state index contributed by atoms with van der Waals surface area (Å²) in [4.78, 5) is 24.1. The summed E-state index contributed by atoms with van der Waals surface area (Å²) in [7, 11) is 1.33. The molecule has 0 saturated heterocycles. The van der Waals surface area contributed by atoms with Crippen LogP contribution < -0.4 is 16.4 Å². The number of benzene rings is 1. The molecule has 126 valence electrons. The molecule has 0 bridgehead atoms. The molecule has 0 fully saturated rings. The molecule has 3 rings (SSSR count). The van der Waals surface area contributed by atoms with Gasteiger partial charge in [0.1, 0.15) is 12.0 Å². The first-order chi connectivity index (χ1) is 12.2. The van der Waals surface area contributed by atoms with Crippen LogP contribution in [0.4, 0.5) is 28.7 Å². The third kappa shape index (κ3) is 3.63. The van der Waals surface area contributed by atoms with Gasteiger partial charge in [-0.3, -0.25) is 4.98 Å². The van der Waals surface area contributed by atoms with Gasteiger partial charge in [-0.2, -0.15) is 0 Å². The standard InChI is InChI=1S/C17H16N6O2/c1-25-17(24)12-4-2-3-5-13(12)23-16-14(18)15(20-10-21-16)22-11-6-8-19-9-7-11/h2-10H,18H2,1H3,(H2,19,20,21,22,23). The number of aromatic nitrogens is 3. The van der Waals surface area contributed by atoms with Crippen molar-refractivity contribution in [2.24, 2.45) is 0 Å². The number of carbonyl (C=O) groups excluding carboxylic acids is 1. The molecular formula is C17H16N6O2. The van der Waals surface area contributed by atoms with E-state index in [1.54, 1.807) is 48.8 Å². The van der Waals surface area contributed by atoms with Gasteiger partial charge in [0.25, 0.3) is 0 Å². The minimum Gasteiger partial charge on any atom is -0.465 e. The highest BCUT2D eigenvalue weighted by atomic mass is 16.5. The molecule has 25 heavy (non-hydrogen) atoms. The number of hydrogen-bond acceptors (Lipinski definition) is 8. The van der Waals surface area contributed by atoms with E-state index < -0.39 is 5.97 Å². The average Bonchev–Trinajstić information content (AvgIpc) is 2.65. The molecular weight excluding hydrogens is 320 g/mol. The molecule has 2 aromatic heterocycles. The van der Waals surface area contributed by atoms with Crippen LogP contribution in [0, 0.1) is 0 Å². The lowest BCUT2D eigenvalue weighted by atomic mass is 10.2. The van der Waals surface area contributed by atoms with Crippen molar-refractivity contribution in [1.82, 2.24) is 15.0 Å². The number of hydrogen-bond donors (Lipinski definition) is 3. The number of nitrogens with two attached hydrogens (primary N) is 1. The summed E-state index contributed by atoms with van der Waals surface area (Å²) in [5.41, 5.74) is 8.19. The molecule has 0 spiro atoms. The normalized spacial score (nSPS) is 10.1. The van der Waals surface area contributed by atoms with E-state index in [1.807, 2.05) is 0 Å². The highest BCUT2D eigenvalue weighted by Gasteiger charge is 2.14. The van der Waals surface area contributed by atoms with Crippen LogP contribution in [0.3, 0.4) is 0 Å². The number of nitrogens with zero attached hydrogens (tertiary/aromatic N) is 3. The summed E-state index contributed by atoms with van der Waals surface area (Å²) in [5, 5.41) is 6.15. The molecule has 1 aromatic carbocycles. The van der Waals surface area contributed by atoms with E-state index in [0.29, 0.717) is 28.6 Å². The smallest absolute Gasteiger partial charge is 0.339 e. The van der Waals surface area contributed by atoms with Gasteiger partial charge in [-0.1, -0.05) is 12.1 Å². The average molecular weight is 336 g/mol. The molecule has 0 aliphatic heterocycles. The predicted molar refractivity (Wildman–Crippen MR) is 95.0 cm³/mol. The summed E-state index contributed by atoms with van der Waals surface area (Å²) in [6, 6.07) is 10.5. The van der Waals surface area contributed by atoms with Crippen LogP contribution in [-0.4, -0.2) is 28.0 Å². The Bertz CT molecular complexity index is 885. The van der Waals surface area contributed by atoms with Crippen molar-refractivity contribution in [3.8, 4) is 0 Å². The van der Waals surface area contributed by atoms with E-state index in [4.69, 9.17) is 10.5 Å². The maximum atomic E-state index is 11.9. The highest BCUT2D eigenvalue weighted by molar-refractivity contribution is 5.97. The first-order valence-corrected chi connectivity index (χ1v) is 7.41. The Morgan fingerprint density at radius 3 is 2.44 bits per heavy atom. The summed E-state index contributed by atoms with van der Waals surface area (Å²) < 4.78 is 4.79. The number of nitrogen functional groups attached to an aromatic ring is 1. The fourth-order valence-corrected chi connectivity index (χ4v) is 2.17. The second-order valence-electron chi connectivity index (χ2n) is 5.01. The van der Waals surface area contributed by atoms with Crippen molar-refractivity contribution in [2.45, 2.75) is 0 Å². The summed E-state index contributed by atoms with van der Waals surface area (Å²) >= 11 is 0. The van der Waals surface area contributed by atoms with E-state index in [0.717, 1.165) is 5.69 Å². The van der Waals surface area contributed by atoms with Crippen LogP contribution >= 0.6 is 0 Å². The second kappa shape index (κ2) is 7.26. The molecule has 0 atom stereocenters. The Morgan fingerprint density at radius 2 is 1.72 bits per heavy atom. The number of para-hydroxylation sites is 1. The van der Waals surface area contributed by atoms with Gasteiger partial charge < -0.3 is 21.1 Å². The monoisotopic (exact) mass is 336 g/mol. The molecule has 8 nitrogen and oxygen atoms in total. The summed E-state index contributed by atoms with van der Waals surface area (Å²) in [6.07, 6.45) is 4.69. The number of ether oxygens (including phenoxy) is 1. The van der Waals surface area contributed by atoms with Crippen molar-refractivity contribution in [1.29, 1.82) is 0 Å². The van der Waals surface area contributed by atoms with Gasteiger partial charge in [0.2, 0.25) is 0 Å². The molecule has 0 saturated carbocycles. The van der Waals surface area contributed by atoms with Crippen molar-refractivity contribution >= 4 is 34.7 Å². The number of nitrogens with one attached hydrogen (secondary N) is 2. The maximum absolute atomic E-state index is 11.9. The third-order valence-electron chi connectivity index (χ3n) is 3.41. The van der Waals surface area contributed by atoms with Crippen LogP contribution in [0.25, 0.3) is 0 Å². The quantitative estimate of drug-likeness (QED) is 0.609. The Kier molecular flexibility index (Phi) is 4.70. The Labute approximate surface area is 144 Å². The van der Waals surface area contributed by atoms with Crippen molar-refractivity contribution in [3.63, 3.8) is 0 Å². The number of anilines is 5. The van der Waals surface area contributed by atoms with Crippen LogP contribution in [0.15, 0.2) is 55.1 Å². The Hall–Kier alpha value is -3.68. The fourth-order valence-electron chi connectivity index (χ4n) is 2.17. The van der Waals surface area contributed by atoms with E-state index in [1.165, 1.54) is 13.4 Å². The first-order valence-electron chi connectivity index (χ1n) is 7.41. The summed E-state index contributed by atoms with van der Waals surface area (Å²) in [5.74, 6) is 0.369. The zero-order valence-corrected chi connectivity index (χ0v) is 13.4. The predicted octanol–water partition coefficient (Wildman–Crippen LogP) is 2.73. The largest absolute Gasteiger partial charge is 0.465 e. The molecule has 0 radical (unpaired) electrons. The lowest BCUT2D eigenvalue weighted by Gasteiger charge is -2.14. The number of pyridine rings is 1. The summed E-state index contributed by atoms with van der Waals surface area (Å²) in [6.45, 7) is 0. The second-order valence-corrected chi connectivity index (χ2v) is 5.01. The van der Waals surface area contributed by atoms with Crippen molar-refractivity contribution < 1.29 is 9.53 Å². The van der Waals surface area contributed by atoms with Gasteiger partial charge in [-0.05, 0) is 24.3 Å². The van der Waals surface area contributed by atoms with Crippen LogP contribution in [0.2, 0.25) is 0 Å². The maximum Gasteiger partial charge on any atom is 0.339 e. The third-order valence-corrected chi connectivity index (χ3v) is 3.41. The van der Waals surface area contributed by atoms with Gasteiger partial charge >= 0.3 is 5.97 Å². The Morgan fingerprint density at radius 1 is 1.04 bits per heavy atom. The van der Waals surface area contributed by atoms with Gasteiger partial charge in [-0.25, -0.2) is 14.8 Å². The van der Waals surface area contributed by atoms with Gasteiger partial charge in [-0.15, -0.1) is 0 Å². The number of carbonyl (C=O) groups is 1. The van der Waals surface area contributed by atoms with E-state index in [2.05, 4.69) is 25.6 Å². The van der Waals surface area contributed by atoms with E-state index in [-0.39, 0.29) is 0 Å². The molecule has 0 amide bonds. The van der Waals surface area contributed by atoms with Gasteiger partial charge in [0.15, 0.2) is 11.6 Å². The molecule has 0 aliphatic rings. The lowest BCUT2D eigenvalue weighted by Crippen LogP contribution is -2.09. The molecule has 4 N–H and O–H groups in total. The minimum absolute atomic E-state index is 0.319. The van der Waals surface area contributed by atoms with Crippen LogP contribution in [-0.2, 0) is 4.74 Å². The number of rotatable bonds is 5. The minimum atomic E-state index is -0.453. The van der Waals surface area contributed by atoms with Gasteiger partial charge in [0, 0.05) is 18.1 Å². The molecule has 0 aliphatic carbocycles. The van der Waals surface area contributed by atoms with Crippen LogP contribution in [0.1, 0.15) is 10.4 Å². The van der Waals surface area contributed by atoms with Crippen molar-refractivity contribution in [2.75, 3.05) is 23.5 Å². The highest BCUT2D eigenvalue weighted by Crippen LogP contribution is 2.29. The van der Waals surface area contributed by atoms with Gasteiger partial charge in [0.05, 0.1) is 18.4 Å². The first kappa shape index (κ1) is 16.2. The topological polar surface area (TPSA) is 115 Å². The molecule has 2 heterocycles. The molecule has 3 aromatic rings. The number of esters is 1. The van der Waals surface area contributed by atoms with E-state index in [9.17, 15) is 4.79 Å². The Balaban J connectivity index is 1.90. The zero-order chi connectivity index (χ0) is 17.6. The zero-order valence-electron chi connectivity index (χ0n) is 13.4. The SMILES string of the molecule is COC(=O)c1ccccc1Nc1ncnc(Nc2ccncc2)c1N. The molecule has 0 unspecified atom stereocenters. The van der Waals surface area contributed by atoms with E-state index >= 15 is 0 Å². The fraction of sp³-hybridized carbons (Fsp3) is 0.0588. The molecule has 8 heteroatoms. The number of methoxy groups -OCH3 is 1.